The van der Waals surface area contributed by atoms with Crippen LogP contribution in [0.5, 0.6) is 5.75 Å². The molecule has 0 amide bonds. The molecule has 5 nitrogen and oxygen atoms in total. The maximum absolute atomic E-state index is 13.8. The van der Waals surface area contributed by atoms with Gasteiger partial charge in [0.05, 0.1) is 10.7 Å². The van der Waals surface area contributed by atoms with Gasteiger partial charge in [-0.2, -0.15) is 4.68 Å². The van der Waals surface area contributed by atoms with Gasteiger partial charge >= 0.3 is 5.76 Å². The highest BCUT2D eigenvalue weighted by Gasteiger charge is 2.24. The van der Waals surface area contributed by atoms with Crippen molar-refractivity contribution in [1.29, 1.82) is 0 Å². The van der Waals surface area contributed by atoms with E-state index in [2.05, 4.69) is 11.0 Å². The molecule has 22 heavy (non-hydrogen) atoms. The van der Waals surface area contributed by atoms with E-state index in [0.717, 1.165) is 10.7 Å². The largest absolute Gasteiger partial charge is 0.478 e. The van der Waals surface area contributed by atoms with Crippen LogP contribution in [0.1, 0.15) is 26.7 Å². The summed E-state index contributed by atoms with van der Waals surface area (Å²) in [4.78, 5) is 12.0. The molecule has 2 aromatic rings. The topological polar surface area (TPSA) is 57.3 Å². The van der Waals surface area contributed by atoms with E-state index < -0.39 is 17.0 Å². The van der Waals surface area contributed by atoms with Gasteiger partial charge in [0.2, 0.25) is 5.89 Å². The molecule has 0 N–H and O–H groups in total. The smallest absolute Gasteiger partial charge is 0.442 e. The first-order valence-electron chi connectivity index (χ1n) is 6.40. The normalized spacial score (nSPS) is 11.3. The first-order chi connectivity index (χ1) is 10.2. The van der Waals surface area contributed by atoms with E-state index in [1.165, 1.54) is 6.07 Å². The van der Waals surface area contributed by atoms with Crippen molar-refractivity contribution in [3.8, 4) is 23.8 Å². The third-order valence-electron chi connectivity index (χ3n) is 2.73. The molecule has 2 rings (SSSR count). The van der Waals surface area contributed by atoms with Crippen LogP contribution in [0.15, 0.2) is 21.3 Å². The number of hydrogen-bond acceptors (Lipinski definition) is 4. The number of rotatable bonds is 3. The summed E-state index contributed by atoms with van der Waals surface area (Å²) < 4.78 is 24.9. The lowest BCUT2D eigenvalue weighted by Crippen LogP contribution is -2.15. The van der Waals surface area contributed by atoms with E-state index in [4.69, 9.17) is 27.2 Å². The number of nitrogens with zero attached hydrogens (tertiary/aromatic N) is 2. The lowest BCUT2D eigenvalue weighted by Gasteiger charge is -2.11. The third-order valence-corrected chi connectivity index (χ3v) is 3.03. The second-order valence-electron chi connectivity index (χ2n) is 5.56. The van der Waals surface area contributed by atoms with Gasteiger partial charge < -0.3 is 9.15 Å². The molecule has 0 spiro atoms. The molecule has 1 aromatic heterocycles. The molecule has 0 aliphatic rings. The minimum atomic E-state index is -0.721. The highest BCUT2D eigenvalue weighted by Crippen LogP contribution is 2.28. The number of hydrogen-bond donors (Lipinski definition) is 0. The van der Waals surface area contributed by atoms with Gasteiger partial charge in [-0.15, -0.1) is 11.5 Å². The molecule has 1 aromatic carbocycles. The third kappa shape index (κ3) is 3.15. The Bertz CT molecular complexity index is 797. The van der Waals surface area contributed by atoms with Gasteiger partial charge in [0.15, 0.2) is 11.6 Å². The summed E-state index contributed by atoms with van der Waals surface area (Å²) in [6.07, 6.45) is 5.07. The van der Waals surface area contributed by atoms with E-state index in [1.807, 2.05) is 20.8 Å². The first kappa shape index (κ1) is 16.1. The molecule has 116 valence electrons. The van der Waals surface area contributed by atoms with E-state index in [0.29, 0.717) is 0 Å². The van der Waals surface area contributed by atoms with Crippen LogP contribution in [0.4, 0.5) is 4.39 Å². The van der Waals surface area contributed by atoms with Gasteiger partial charge in [0.1, 0.15) is 6.61 Å². The van der Waals surface area contributed by atoms with Gasteiger partial charge in [-0.3, -0.25) is 0 Å². The van der Waals surface area contributed by atoms with Crippen molar-refractivity contribution in [3.05, 3.63) is 39.4 Å². The van der Waals surface area contributed by atoms with Gasteiger partial charge in [-0.25, -0.2) is 9.18 Å². The zero-order chi connectivity index (χ0) is 16.5. The summed E-state index contributed by atoms with van der Waals surface area (Å²) in [5, 5.41) is 4.10. The molecule has 0 aliphatic carbocycles. The van der Waals surface area contributed by atoms with Crippen molar-refractivity contribution < 1.29 is 13.5 Å². The molecule has 0 fully saturated rings. The Morgan fingerprint density at radius 1 is 1.50 bits per heavy atom. The minimum Gasteiger partial charge on any atom is -0.478 e. The van der Waals surface area contributed by atoms with Crippen molar-refractivity contribution in [2.45, 2.75) is 26.2 Å². The quantitative estimate of drug-likeness (QED) is 0.815. The van der Waals surface area contributed by atoms with Crippen LogP contribution < -0.4 is 10.5 Å². The number of halogens is 2. The predicted molar refractivity (Wildman–Crippen MR) is 80.1 cm³/mol. The lowest BCUT2D eigenvalue weighted by molar-refractivity contribution is 0.348. The highest BCUT2D eigenvalue weighted by molar-refractivity contribution is 6.32. The number of aromatic nitrogens is 2. The summed E-state index contributed by atoms with van der Waals surface area (Å²) in [6, 6.07) is 2.28. The standard InChI is InChI=1S/C15H14ClFN2O3/c1-5-6-21-12-8-11(9(16)7-10(12)17)19-14(20)22-13(18-19)15(2,3)4/h1,7-8H,6H2,2-4H3. The van der Waals surface area contributed by atoms with Crippen LogP contribution in [-0.4, -0.2) is 16.4 Å². The van der Waals surface area contributed by atoms with Crippen LogP contribution in [0.2, 0.25) is 5.02 Å². The Balaban J connectivity index is 2.56. The van der Waals surface area contributed by atoms with Gasteiger partial charge in [0, 0.05) is 11.5 Å². The van der Waals surface area contributed by atoms with Crippen LogP contribution >= 0.6 is 11.6 Å². The average Bonchev–Trinajstić information content (AvgIpc) is 2.80. The van der Waals surface area contributed by atoms with Gasteiger partial charge in [-0.05, 0) is 6.07 Å². The molecule has 0 saturated carbocycles. The zero-order valence-electron chi connectivity index (χ0n) is 12.3. The lowest BCUT2D eigenvalue weighted by atomic mass is 9.97. The Labute approximate surface area is 131 Å². The van der Waals surface area contributed by atoms with Crippen molar-refractivity contribution in [1.82, 2.24) is 9.78 Å². The monoisotopic (exact) mass is 324 g/mol. The van der Waals surface area contributed by atoms with Crippen LogP contribution in [-0.2, 0) is 5.41 Å². The van der Waals surface area contributed by atoms with Crippen molar-refractivity contribution in [2.75, 3.05) is 6.61 Å². The predicted octanol–water partition coefficient (Wildman–Crippen LogP) is 2.93. The van der Waals surface area contributed by atoms with Gasteiger partial charge in [0.25, 0.3) is 0 Å². The molecule has 7 heteroatoms. The zero-order valence-corrected chi connectivity index (χ0v) is 13.1. The molecule has 0 saturated heterocycles. The summed E-state index contributed by atoms with van der Waals surface area (Å²) in [7, 11) is 0. The molecule has 0 radical (unpaired) electrons. The molecule has 1 heterocycles. The minimum absolute atomic E-state index is 0.00131. The van der Waals surface area contributed by atoms with E-state index in [9.17, 15) is 9.18 Å². The van der Waals surface area contributed by atoms with E-state index >= 15 is 0 Å². The molecular weight excluding hydrogens is 311 g/mol. The molecule has 0 aliphatic heterocycles. The maximum Gasteiger partial charge on any atom is 0.442 e. The van der Waals surface area contributed by atoms with Gasteiger partial charge in [-0.1, -0.05) is 38.3 Å². The van der Waals surface area contributed by atoms with Crippen LogP contribution in [0.3, 0.4) is 0 Å². The summed E-state index contributed by atoms with van der Waals surface area (Å²) >= 11 is 5.99. The highest BCUT2D eigenvalue weighted by atomic mass is 35.5. The van der Waals surface area contributed by atoms with Crippen molar-refractivity contribution >= 4 is 11.6 Å². The Morgan fingerprint density at radius 3 is 2.73 bits per heavy atom. The Morgan fingerprint density at radius 2 is 2.18 bits per heavy atom. The number of benzene rings is 1. The summed E-state index contributed by atoms with van der Waals surface area (Å²) in [5.74, 6) is 0.942. The van der Waals surface area contributed by atoms with Crippen LogP contribution in [0.25, 0.3) is 5.69 Å². The Hall–Kier alpha value is -2.26. The average molecular weight is 325 g/mol. The van der Waals surface area contributed by atoms with Crippen molar-refractivity contribution in [2.24, 2.45) is 0 Å². The number of terminal acetylenes is 1. The fourth-order valence-corrected chi connectivity index (χ4v) is 1.87. The van der Waals surface area contributed by atoms with Crippen LogP contribution in [0, 0.1) is 18.2 Å². The molecule has 0 unspecified atom stereocenters. The summed E-state index contributed by atoms with van der Waals surface area (Å²) in [6.45, 7) is 5.42. The number of ether oxygens (including phenoxy) is 1. The van der Waals surface area contributed by atoms with E-state index in [-0.39, 0.29) is 29.0 Å². The summed E-state index contributed by atoms with van der Waals surface area (Å²) in [5.41, 5.74) is -0.306. The molecular formula is C15H14ClFN2O3. The maximum atomic E-state index is 13.8. The molecule has 0 bridgehead atoms. The fraction of sp³-hybridized carbons (Fsp3) is 0.333. The fourth-order valence-electron chi connectivity index (χ4n) is 1.64. The second kappa shape index (κ2) is 5.85. The first-order valence-corrected chi connectivity index (χ1v) is 6.78. The second-order valence-corrected chi connectivity index (χ2v) is 5.97. The Kier molecular flexibility index (Phi) is 4.29. The van der Waals surface area contributed by atoms with Crippen molar-refractivity contribution in [3.63, 3.8) is 0 Å². The van der Waals surface area contributed by atoms with E-state index in [1.54, 1.807) is 0 Å². The SMILES string of the molecule is C#CCOc1cc(-n2nc(C(C)(C)C)oc2=O)c(Cl)cc1F. The molecule has 0 atom stereocenters.